The SMILES string of the molecule is COc1ccc(S(=O)(=O)C(Cc2ccccc2)C(=O)O)cc1. The first-order valence-electron chi connectivity index (χ1n) is 6.60. The van der Waals surface area contributed by atoms with Crippen molar-refractivity contribution < 1.29 is 23.1 Å². The van der Waals surface area contributed by atoms with Gasteiger partial charge < -0.3 is 9.84 Å². The summed E-state index contributed by atoms with van der Waals surface area (Å²) in [4.78, 5) is 11.4. The molecule has 0 radical (unpaired) electrons. The van der Waals surface area contributed by atoms with E-state index in [0.717, 1.165) is 0 Å². The summed E-state index contributed by atoms with van der Waals surface area (Å²) in [5, 5.41) is 7.80. The highest BCUT2D eigenvalue weighted by Gasteiger charge is 2.34. The number of hydrogen-bond acceptors (Lipinski definition) is 4. The Hall–Kier alpha value is -2.34. The number of sulfone groups is 1. The van der Waals surface area contributed by atoms with Gasteiger partial charge in [-0.05, 0) is 29.8 Å². The van der Waals surface area contributed by atoms with E-state index in [4.69, 9.17) is 4.74 Å². The summed E-state index contributed by atoms with van der Waals surface area (Å²) in [6, 6.07) is 14.4. The van der Waals surface area contributed by atoms with E-state index in [1.165, 1.54) is 31.4 Å². The Labute approximate surface area is 129 Å². The molecule has 0 aromatic heterocycles. The number of carbonyl (C=O) groups is 1. The maximum Gasteiger partial charge on any atom is 0.322 e. The fourth-order valence-corrected chi connectivity index (χ4v) is 3.61. The average Bonchev–Trinajstić information content (AvgIpc) is 2.53. The number of ether oxygens (including phenoxy) is 1. The first kappa shape index (κ1) is 16.0. The van der Waals surface area contributed by atoms with Crippen LogP contribution in [-0.2, 0) is 21.1 Å². The molecule has 0 amide bonds. The van der Waals surface area contributed by atoms with Gasteiger partial charge in [-0.1, -0.05) is 30.3 Å². The Morgan fingerprint density at radius 2 is 1.68 bits per heavy atom. The van der Waals surface area contributed by atoms with Gasteiger partial charge in [0.2, 0.25) is 0 Å². The van der Waals surface area contributed by atoms with Crippen LogP contribution in [0.25, 0.3) is 0 Å². The smallest absolute Gasteiger partial charge is 0.322 e. The standard InChI is InChI=1S/C16H16O5S/c1-21-13-7-9-14(10-8-13)22(19,20)15(16(17)18)11-12-5-3-2-4-6-12/h2-10,15H,11H2,1H3,(H,17,18). The zero-order chi connectivity index (χ0) is 16.2. The molecule has 0 saturated carbocycles. The van der Waals surface area contributed by atoms with E-state index in [1.54, 1.807) is 30.3 Å². The highest BCUT2D eigenvalue weighted by atomic mass is 32.2. The summed E-state index contributed by atoms with van der Waals surface area (Å²) in [5.41, 5.74) is 0.659. The molecule has 0 spiro atoms. The van der Waals surface area contributed by atoms with Crippen molar-refractivity contribution in [1.29, 1.82) is 0 Å². The molecule has 0 aliphatic heterocycles. The Morgan fingerprint density at radius 3 is 2.18 bits per heavy atom. The quantitative estimate of drug-likeness (QED) is 0.882. The fourth-order valence-electron chi connectivity index (χ4n) is 2.09. The van der Waals surface area contributed by atoms with Crippen molar-refractivity contribution in [2.45, 2.75) is 16.6 Å². The number of aliphatic carboxylic acids is 1. The zero-order valence-electron chi connectivity index (χ0n) is 12.0. The second-order valence-corrected chi connectivity index (χ2v) is 6.87. The van der Waals surface area contributed by atoms with Gasteiger partial charge in [0.05, 0.1) is 12.0 Å². The minimum atomic E-state index is -3.98. The van der Waals surface area contributed by atoms with E-state index in [-0.39, 0.29) is 11.3 Å². The normalized spacial score (nSPS) is 12.6. The number of methoxy groups -OCH3 is 1. The largest absolute Gasteiger partial charge is 0.497 e. The number of benzene rings is 2. The van der Waals surface area contributed by atoms with Crippen LogP contribution in [0.3, 0.4) is 0 Å². The van der Waals surface area contributed by atoms with Gasteiger partial charge >= 0.3 is 5.97 Å². The molecular formula is C16H16O5S. The highest BCUT2D eigenvalue weighted by molar-refractivity contribution is 7.92. The second-order valence-electron chi connectivity index (χ2n) is 4.74. The predicted octanol–water partition coefficient (Wildman–Crippen LogP) is 2.16. The van der Waals surface area contributed by atoms with Crippen molar-refractivity contribution in [3.05, 3.63) is 60.2 Å². The summed E-state index contributed by atoms with van der Waals surface area (Å²) >= 11 is 0. The van der Waals surface area contributed by atoms with Crippen LogP contribution in [0.2, 0.25) is 0 Å². The third-order valence-electron chi connectivity index (χ3n) is 3.30. The van der Waals surface area contributed by atoms with Crippen LogP contribution in [0.1, 0.15) is 5.56 Å². The predicted molar refractivity (Wildman–Crippen MR) is 81.7 cm³/mol. The van der Waals surface area contributed by atoms with E-state index < -0.39 is 21.1 Å². The lowest BCUT2D eigenvalue weighted by atomic mass is 10.1. The van der Waals surface area contributed by atoms with Crippen molar-refractivity contribution in [3.8, 4) is 5.75 Å². The molecule has 2 aromatic rings. The van der Waals surface area contributed by atoms with Crippen molar-refractivity contribution >= 4 is 15.8 Å². The summed E-state index contributed by atoms with van der Waals surface area (Å²) in [6.07, 6.45) is -0.0788. The molecule has 1 unspecified atom stereocenters. The summed E-state index contributed by atoms with van der Waals surface area (Å²) in [7, 11) is -2.51. The Morgan fingerprint density at radius 1 is 1.09 bits per heavy atom. The van der Waals surface area contributed by atoms with Gasteiger partial charge in [0.1, 0.15) is 5.75 Å². The van der Waals surface area contributed by atoms with Gasteiger partial charge in [0.25, 0.3) is 0 Å². The Bertz CT molecular complexity index is 736. The van der Waals surface area contributed by atoms with Crippen molar-refractivity contribution in [2.75, 3.05) is 7.11 Å². The van der Waals surface area contributed by atoms with Crippen LogP contribution in [0.4, 0.5) is 0 Å². The molecule has 1 N–H and O–H groups in total. The second kappa shape index (κ2) is 6.62. The molecule has 6 heteroatoms. The van der Waals surface area contributed by atoms with Gasteiger partial charge in [-0.25, -0.2) is 8.42 Å². The van der Waals surface area contributed by atoms with E-state index in [0.29, 0.717) is 11.3 Å². The lowest BCUT2D eigenvalue weighted by molar-refractivity contribution is -0.136. The third kappa shape index (κ3) is 3.46. The monoisotopic (exact) mass is 320 g/mol. The van der Waals surface area contributed by atoms with Gasteiger partial charge in [-0.15, -0.1) is 0 Å². The molecule has 0 aliphatic rings. The van der Waals surface area contributed by atoms with Crippen molar-refractivity contribution in [3.63, 3.8) is 0 Å². The number of hydrogen-bond donors (Lipinski definition) is 1. The summed E-state index contributed by atoms with van der Waals surface area (Å²) < 4.78 is 30.1. The third-order valence-corrected chi connectivity index (χ3v) is 5.35. The molecule has 1 atom stereocenters. The minimum Gasteiger partial charge on any atom is -0.497 e. The van der Waals surface area contributed by atoms with Crippen LogP contribution in [-0.4, -0.2) is 31.9 Å². The summed E-state index contributed by atoms with van der Waals surface area (Å²) in [5.74, 6) is -0.853. The number of rotatable bonds is 6. The van der Waals surface area contributed by atoms with Crippen LogP contribution < -0.4 is 4.74 Å². The first-order valence-corrected chi connectivity index (χ1v) is 8.14. The highest BCUT2D eigenvalue weighted by Crippen LogP contribution is 2.22. The Balaban J connectivity index is 2.35. The van der Waals surface area contributed by atoms with Gasteiger partial charge in [-0.2, -0.15) is 0 Å². The molecule has 0 bridgehead atoms. The first-order chi connectivity index (χ1) is 10.4. The van der Waals surface area contributed by atoms with E-state index in [2.05, 4.69) is 0 Å². The van der Waals surface area contributed by atoms with E-state index in [9.17, 15) is 18.3 Å². The number of carboxylic acid groups (broad SMARTS) is 1. The maximum absolute atomic E-state index is 12.6. The van der Waals surface area contributed by atoms with Gasteiger partial charge in [0.15, 0.2) is 15.1 Å². The molecule has 0 fully saturated rings. The molecule has 0 saturated heterocycles. The van der Waals surface area contributed by atoms with Crippen LogP contribution >= 0.6 is 0 Å². The van der Waals surface area contributed by atoms with Crippen LogP contribution in [0, 0.1) is 0 Å². The lowest BCUT2D eigenvalue weighted by Crippen LogP contribution is -2.32. The minimum absolute atomic E-state index is 0.0309. The summed E-state index contributed by atoms with van der Waals surface area (Å²) in [6.45, 7) is 0. The molecule has 5 nitrogen and oxygen atoms in total. The lowest BCUT2D eigenvalue weighted by Gasteiger charge is -2.14. The van der Waals surface area contributed by atoms with E-state index >= 15 is 0 Å². The number of carboxylic acids is 1. The molecule has 2 aromatic carbocycles. The van der Waals surface area contributed by atoms with Crippen molar-refractivity contribution in [2.24, 2.45) is 0 Å². The molecule has 22 heavy (non-hydrogen) atoms. The molecular weight excluding hydrogens is 304 g/mol. The molecule has 0 heterocycles. The van der Waals surface area contributed by atoms with Crippen molar-refractivity contribution in [1.82, 2.24) is 0 Å². The topological polar surface area (TPSA) is 80.7 Å². The molecule has 2 rings (SSSR count). The van der Waals surface area contributed by atoms with Gasteiger partial charge in [0, 0.05) is 6.42 Å². The van der Waals surface area contributed by atoms with Crippen LogP contribution in [0.5, 0.6) is 5.75 Å². The maximum atomic E-state index is 12.6. The molecule has 116 valence electrons. The molecule has 0 aliphatic carbocycles. The average molecular weight is 320 g/mol. The zero-order valence-corrected chi connectivity index (χ0v) is 12.8. The van der Waals surface area contributed by atoms with Crippen LogP contribution in [0.15, 0.2) is 59.5 Å². The fraction of sp³-hybridized carbons (Fsp3) is 0.188. The Kier molecular flexibility index (Phi) is 4.82. The van der Waals surface area contributed by atoms with E-state index in [1.807, 2.05) is 0 Å². The van der Waals surface area contributed by atoms with Gasteiger partial charge in [-0.3, -0.25) is 4.79 Å².